The zero-order valence-electron chi connectivity index (χ0n) is 21.3. The van der Waals surface area contributed by atoms with Gasteiger partial charge in [0.15, 0.2) is 18.1 Å². The van der Waals surface area contributed by atoms with Gasteiger partial charge in [-0.05, 0) is 84.8 Å². The average Bonchev–Trinajstić information content (AvgIpc) is 3.13. The second-order valence-electron chi connectivity index (χ2n) is 8.83. The highest BCUT2D eigenvalue weighted by molar-refractivity contribution is 14.1. The van der Waals surface area contributed by atoms with E-state index in [1.165, 1.54) is 4.90 Å². The van der Waals surface area contributed by atoms with Crippen molar-refractivity contribution >= 4 is 52.2 Å². The number of carbonyl (C=O) groups is 3. The lowest BCUT2D eigenvalue weighted by Gasteiger charge is -2.15. The van der Waals surface area contributed by atoms with E-state index >= 15 is 0 Å². The lowest BCUT2D eigenvalue weighted by Crippen LogP contribution is -2.30. The molecule has 0 unspecified atom stereocenters. The third-order valence-electron chi connectivity index (χ3n) is 5.75. The Balaban J connectivity index is 1.48. The summed E-state index contributed by atoms with van der Waals surface area (Å²) in [5, 5.41) is 5.46. The number of aryl methyl sites for hydroxylation is 2. The fourth-order valence-corrected chi connectivity index (χ4v) is 4.58. The van der Waals surface area contributed by atoms with E-state index in [9.17, 15) is 14.4 Å². The fraction of sp³-hybridized carbons (Fsp3) is 0.207. The molecule has 9 heteroatoms. The highest BCUT2D eigenvalue weighted by atomic mass is 127. The molecular formula is C29H28IN3O5. The molecule has 1 saturated heterocycles. The number of imide groups is 1. The average molecular weight is 625 g/mol. The summed E-state index contributed by atoms with van der Waals surface area (Å²) in [6, 6.07) is 18.2. The number of nitrogens with zero attached hydrogens (tertiary/aromatic N) is 1. The van der Waals surface area contributed by atoms with Crippen LogP contribution >= 0.6 is 22.6 Å². The van der Waals surface area contributed by atoms with Crippen LogP contribution in [0.5, 0.6) is 11.5 Å². The minimum atomic E-state index is -0.471. The van der Waals surface area contributed by atoms with E-state index in [1.54, 1.807) is 18.2 Å². The summed E-state index contributed by atoms with van der Waals surface area (Å²) in [7, 11) is 0. The maximum Gasteiger partial charge on any atom is 0.329 e. The molecule has 1 heterocycles. The Morgan fingerprint density at radius 2 is 1.66 bits per heavy atom. The summed E-state index contributed by atoms with van der Waals surface area (Å²) in [4.78, 5) is 39.1. The van der Waals surface area contributed by atoms with E-state index in [4.69, 9.17) is 9.47 Å². The van der Waals surface area contributed by atoms with Gasteiger partial charge in [-0.2, -0.15) is 0 Å². The summed E-state index contributed by atoms with van der Waals surface area (Å²) >= 11 is 2.09. The van der Waals surface area contributed by atoms with Crippen LogP contribution < -0.4 is 20.1 Å². The number of hydrogen-bond donors (Lipinski definition) is 2. The predicted octanol–water partition coefficient (Wildman–Crippen LogP) is 5.42. The maximum absolute atomic E-state index is 13.0. The molecule has 1 aliphatic rings. The van der Waals surface area contributed by atoms with E-state index in [2.05, 4.69) is 33.2 Å². The van der Waals surface area contributed by atoms with Crippen molar-refractivity contribution in [2.45, 2.75) is 27.3 Å². The van der Waals surface area contributed by atoms with Crippen LogP contribution in [0.4, 0.5) is 10.5 Å². The van der Waals surface area contributed by atoms with Gasteiger partial charge in [-0.3, -0.25) is 14.5 Å². The summed E-state index contributed by atoms with van der Waals surface area (Å²) in [5.74, 6) is 0.155. The lowest BCUT2D eigenvalue weighted by molar-refractivity contribution is -0.123. The lowest BCUT2D eigenvalue weighted by atomic mass is 10.1. The van der Waals surface area contributed by atoms with Crippen molar-refractivity contribution in [2.75, 3.05) is 18.5 Å². The van der Waals surface area contributed by atoms with Crippen molar-refractivity contribution in [2.24, 2.45) is 0 Å². The van der Waals surface area contributed by atoms with Gasteiger partial charge in [-0.25, -0.2) is 4.79 Å². The number of nitrogens with one attached hydrogen (secondary N) is 2. The molecule has 3 aromatic rings. The smallest absolute Gasteiger partial charge is 0.329 e. The standard InChI is InChI=1S/C29H28IN3O5/c1-4-37-25-15-21(13-23(30)27(25)38-17-26(34)31-22-11-7-19(3)8-12-22)14-24-28(35)33(29(36)32-24)16-20-9-5-18(2)6-10-20/h5-15H,4,16-17H2,1-3H3,(H,31,34)(H,32,36)/b24-14+. The molecule has 0 radical (unpaired) electrons. The second kappa shape index (κ2) is 12.1. The van der Waals surface area contributed by atoms with Gasteiger partial charge < -0.3 is 20.1 Å². The van der Waals surface area contributed by atoms with Gasteiger partial charge in [0.25, 0.3) is 11.8 Å². The van der Waals surface area contributed by atoms with E-state index in [0.29, 0.717) is 32.9 Å². The van der Waals surface area contributed by atoms with Crippen molar-refractivity contribution in [1.82, 2.24) is 10.2 Å². The number of anilines is 1. The first-order valence-electron chi connectivity index (χ1n) is 12.1. The molecule has 0 saturated carbocycles. The first kappa shape index (κ1) is 27.2. The van der Waals surface area contributed by atoms with E-state index < -0.39 is 11.9 Å². The van der Waals surface area contributed by atoms with Crippen molar-refractivity contribution in [3.05, 3.63) is 92.2 Å². The van der Waals surface area contributed by atoms with E-state index in [1.807, 2.05) is 69.3 Å². The van der Waals surface area contributed by atoms with Gasteiger partial charge in [0.1, 0.15) is 5.70 Å². The summed E-state index contributed by atoms with van der Waals surface area (Å²) < 4.78 is 12.3. The first-order valence-corrected chi connectivity index (χ1v) is 13.2. The topological polar surface area (TPSA) is 97.0 Å². The molecule has 3 aromatic carbocycles. The van der Waals surface area contributed by atoms with Gasteiger partial charge in [0.2, 0.25) is 0 Å². The Morgan fingerprint density at radius 1 is 1.00 bits per heavy atom. The molecule has 4 rings (SSSR count). The number of carbonyl (C=O) groups excluding carboxylic acids is 3. The normalized spacial score (nSPS) is 14.0. The summed E-state index contributed by atoms with van der Waals surface area (Å²) in [5.41, 5.74) is 4.57. The van der Waals surface area contributed by atoms with Crippen LogP contribution in [0.3, 0.4) is 0 Å². The van der Waals surface area contributed by atoms with Gasteiger partial charge >= 0.3 is 6.03 Å². The molecule has 196 valence electrons. The SMILES string of the molecule is CCOc1cc(/C=C2/NC(=O)N(Cc3ccc(C)cc3)C2=O)cc(I)c1OCC(=O)Nc1ccc(C)cc1. The van der Waals surface area contributed by atoms with Crippen molar-refractivity contribution < 1.29 is 23.9 Å². The molecule has 0 spiro atoms. The third kappa shape index (κ3) is 6.71. The fourth-order valence-electron chi connectivity index (χ4n) is 3.80. The zero-order valence-corrected chi connectivity index (χ0v) is 23.5. The number of amides is 4. The Bertz CT molecular complexity index is 1380. The van der Waals surface area contributed by atoms with Crippen LogP contribution in [0.15, 0.2) is 66.4 Å². The largest absolute Gasteiger partial charge is 0.490 e. The number of hydrogen-bond acceptors (Lipinski definition) is 5. The summed E-state index contributed by atoms with van der Waals surface area (Å²) in [6.45, 7) is 6.15. The van der Waals surface area contributed by atoms with Gasteiger partial charge in [-0.1, -0.05) is 47.5 Å². The molecule has 4 amide bonds. The van der Waals surface area contributed by atoms with Crippen LogP contribution in [0.1, 0.15) is 29.2 Å². The molecule has 0 aromatic heterocycles. The number of benzene rings is 3. The highest BCUT2D eigenvalue weighted by Crippen LogP contribution is 2.35. The highest BCUT2D eigenvalue weighted by Gasteiger charge is 2.33. The first-order chi connectivity index (χ1) is 18.2. The zero-order chi connectivity index (χ0) is 27.2. The van der Waals surface area contributed by atoms with Gasteiger partial charge in [0, 0.05) is 5.69 Å². The Kier molecular flexibility index (Phi) is 8.67. The number of rotatable bonds is 9. The number of ether oxygens (including phenoxy) is 2. The third-order valence-corrected chi connectivity index (χ3v) is 6.55. The van der Waals surface area contributed by atoms with Crippen LogP contribution in [-0.2, 0) is 16.1 Å². The quantitative estimate of drug-likeness (QED) is 0.188. The minimum absolute atomic E-state index is 0.173. The van der Waals surface area contributed by atoms with Crippen molar-refractivity contribution in [1.29, 1.82) is 0 Å². The number of urea groups is 1. The molecule has 2 N–H and O–H groups in total. The molecule has 0 aliphatic carbocycles. The van der Waals surface area contributed by atoms with Crippen LogP contribution in [0.2, 0.25) is 0 Å². The molecular weight excluding hydrogens is 597 g/mol. The van der Waals surface area contributed by atoms with Crippen LogP contribution in [0, 0.1) is 17.4 Å². The number of halogens is 1. The maximum atomic E-state index is 13.0. The molecule has 8 nitrogen and oxygen atoms in total. The van der Waals surface area contributed by atoms with Gasteiger partial charge in [-0.15, -0.1) is 0 Å². The molecule has 0 atom stereocenters. The molecule has 38 heavy (non-hydrogen) atoms. The molecule has 0 bridgehead atoms. The monoisotopic (exact) mass is 625 g/mol. The van der Waals surface area contributed by atoms with Gasteiger partial charge in [0.05, 0.1) is 16.7 Å². The summed E-state index contributed by atoms with van der Waals surface area (Å²) in [6.07, 6.45) is 1.61. The second-order valence-corrected chi connectivity index (χ2v) is 9.99. The van der Waals surface area contributed by atoms with E-state index in [0.717, 1.165) is 16.7 Å². The Morgan fingerprint density at radius 3 is 2.32 bits per heavy atom. The molecule has 1 fully saturated rings. The Labute approximate surface area is 235 Å². The van der Waals surface area contributed by atoms with E-state index in [-0.39, 0.29) is 24.8 Å². The van der Waals surface area contributed by atoms with Crippen molar-refractivity contribution in [3.63, 3.8) is 0 Å². The predicted molar refractivity (Wildman–Crippen MR) is 154 cm³/mol. The Hall–Kier alpha value is -3.86. The van der Waals surface area contributed by atoms with Crippen LogP contribution in [0.25, 0.3) is 6.08 Å². The van der Waals surface area contributed by atoms with Crippen molar-refractivity contribution in [3.8, 4) is 11.5 Å². The van der Waals surface area contributed by atoms with Crippen LogP contribution in [-0.4, -0.2) is 36.0 Å². The minimum Gasteiger partial charge on any atom is -0.490 e. The molecule has 1 aliphatic heterocycles.